The summed E-state index contributed by atoms with van der Waals surface area (Å²) in [7, 11) is 4.85. The van der Waals surface area contributed by atoms with Gasteiger partial charge in [0.25, 0.3) is 0 Å². The number of esters is 1. The van der Waals surface area contributed by atoms with Gasteiger partial charge in [0.05, 0.1) is 12.7 Å². The van der Waals surface area contributed by atoms with E-state index in [1.54, 1.807) is 31.1 Å². The van der Waals surface area contributed by atoms with Crippen molar-refractivity contribution >= 4 is 11.7 Å². The van der Waals surface area contributed by atoms with Gasteiger partial charge in [-0.15, -0.1) is 0 Å². The zero-order valence-electron chi connectivity index (χ0n) is 9.97. The van der Waals surface area contributed by atoms with Crippen LogP contribution in [0.25, 0.3) is 0 Å². The van der Waals surface area contributed by atoms with Gasteiger partial charge in [0.1, 0.15) is 0 Å². The number of hydrogen-bond acceptors (Lipinski definition) is 5. The maximum absolute atomic E-state index is 11.3. The molecule has 17 heavy (non-hydrogen) atoms. The Hall–Kier alpha value is -2.11. The third-order valence-corrected chi connectivity index (χ3v) is 2.28. The van der Waals surface area contributed by atoms with Gasteiger partial charge in [0.15, 0.2) is 0 Å². The van der Waals surface area contributed by atoms with Crippen LogP contribution in [-0.4, -0.2) is 32.1 Å². The van der Waals surface area contributed by atoms with E-state index < -0.39 is 10.9 Å². The number of nitrogens with zero attached hydrogens (tertiary/aromatic N) is 2. The highest BCUT2D eigenvalue weighted by Gasteiger charge is 2.14. The molecule has 0 aliphatic rings. The molecule has 0 bridgehead atoms. The van der Waals surface area contributed by atoms with Crippen LogP contribution in [0, 0.1) is 10.1 Å². The Labute approximate surface area is 98.9 Å². The fourth-order valence-corrected chi connectivity index (χ4v) is 1.53. The highest BCUT2D eigenvalue weighted by molar-refractivity contribution is 5.90. The smallest absolute Gasteiger partial charge is 0.337 e. The van der Waals surface area contributed by atoms with Gasteiger partial charge >= 0.3 is 5.97 Å². The van der Waals surface area contributed by atoms with E-state index in [2.05, 4.69) is 4.74 Å². The molecule has 0 N–H and O–H groups in total. The van der Waals surface area contributed by atoms with E-state index in [1.807, 2.05) is 0 Å². The summed E-state index contributed by atoms with van der Waals surface area (Å²) in [5.74, 6) is -0.500. The first-order valence-corrected chi connectivity index (χ1v) is 4.96. The molecule has 1 aromatic rings. The second-order valence-electron chi connectivity index (χ2n) is 3.72. The van der Waals surface area contributed by atoms with Gasteiger partial charge in [0, 0.05) is 30.3 Å². The third kappa shape index (κ3) is 3.17. The number of ether oxygens (including phenoxy) is 1. The zero-order valence-corrected chi connectivity index (χ0v) is 9.97. The predicted octanol–water partition coefficient (Wildman–Crippen LogP) is 1.32. The molecule has 0 heterocycles. The van der Waals surface area contributed by atoms with Crippen molar-refractivity contribution in [2.45, 2.75) is 6.54 Å². The maximum Gasteiger partial charge on any atom is 0.337 e. The molecule has 1 aromatic carbocycles. The maximum atomic E-state index is 11.3. The molecule has 0 fully saturated rings. The van der Waals surface area contributed by atoms with Crippen LogP contribution in [-0.2, 0) is 11.3 Å². The fourth-order valence-electron chi connectivity index (χ4n) is 1.53. The molecule has 0 aliphatic carbocycles. The Morgan fingerprint density at radius 1 is 1.47 bits per heavy atom. The van der Waals surface area contributed by atoms with Crippen LogP contribution in [0.5, 0.6) is 0 Å². The summed E-state index contributed by atoms with van der Waals surface area (Å²) in [5.41, 5.74) is 1.52. The van der Waals surface area contributed by atoms with E-state index in [9.17, 15) is 14.9 Å². The molecule has 0 amide bonds. The summed E-state index contributed by atoms with van der Waals surface area (Å²) in [5, 5.41) is 10.6. The van der Waals surface area contributed by atoms with Crippen LogP contribution in [0.15, 0.2) is 18.2 Å². The summed E-state index contributed by atoms with van der Waals surface area (Å²) >= 11 is 0. The van der Waals surface area contributed by atoms with Crippen molar-refractivity contribution in [3.8, 4) is 0 Å². The molecule has 0 aromatic heterocycles. The molecule has 0 saturated heterocycles. The van der Waals surface area contributed by atoms with E-state index >= 15 is 0 Å². The highest BCUT2D eigenvalue weighted by atomic mass is 16.6. The number of methoxy groups -OCH3 is 1. The van der Waals surface area contributed by atoms with Crippen LogP contribution < -0.4 is 4.90 Å². The Balaban J connectivity index is 3.18. The largest absolute Gasteiger partial charge is 0.465 e. The van der Waals surface area contributed by atoms with Crippen LogP contribution in [0.2, 0.25) is 0 Å². The normalized spacial score (nSPS) is 9.82. The minimum Gasteiger partial charge on any atom is -0.465 e. The lowest BCUT2D eigenvalue weighted by Crippen LogP contribution is -2.14. The third-order valence-electron chi connectivity index (χ3n) is 2.28. The molecular weight excluding hydrogens is 224 g/mol. The van der Waals surface area contributed by atoms with Gasteiger partial charge < -0.3 is 9.64 Å². The van der Waals surface area contributed by atoms with E-state index in [0.717, 1.165) is 0 Å². The monoisotopic (exact) mass is 238 g/mol. The van der Waals surface area contributed by atoms with E-state index in [4.69, 9.17) is 0 Å². The zero-order chi connectivity index (χ0) is 13.0. The Morgan fingerprint density at radius 3 is 2.59 bits per heavy atom. The highest BCUT2D eigenvalue weighted by Crippen LogP contribution is 2.21. The molecular formula is C11H14N2O4. The van der Waals surface area contributed by atoms with Crippen LogP contribution in [0.1, 0.15) is 15.9 Å². The number of anilines is 1. The Bertz CT molecular complexity index is 443. The number of carbonyl (C=O) groups is 1. The van der Waals surface area contributed by atoms with Crippen LogP contribution in [0.3, 0.4) is 0 Å². The SMILES string of the molecule is COC(=O)c1ccc(N(C)C)c(C[N+](=O)[O-])c1. The van der Waals surface area contributed by atoms with E-state index in [-0.39, 0.29) is 6.54 Å². The van der Waals surface area contributed by atoms with Crippen molar-refractivity contribution < 1.29 is 14.5 Å². The van der Waals surface area contributed by atoms with Crippen molar-refractivity contribution in [2.75, 3.05) is 26.1 Å². The average Bonchev–Trinajstić information content (AvgIpc) is 2.26. The van der Waals surface area contributed by atoms with Crippen molar-refractivity contribution in [1.82, 2.24) is 0 Å². The number of hydrogen-bond donors (Lipinski definition) is 0. The molecule has 0 spiro atoms. The average molecular weight is 238 g/mol. The molecule has 0 atom stereocenters. The topological polar surface area (TPSA) is 72.7 Å². The molecule has 92 valence electrons. The fraction of sp³-hybridized carbons (Fsp3) is 0.364. The summed E-state index contributed by atoms with van der Waals surface area (Å²) in [6.45, 7) is -0.321. The van der Waals surface area contributed by atoms with Gasteiger partial charge in [-0.25, -0.2) is 4.79 Å². The summed E-state index contributed by atoms with van der Waals surface area (Å²) in [6.07, 6.45) is 0. The molecule has 1 rings (SSSR count). The quantitative estimate of drug-likeness (QED) is 0.449. The van der Waals surface area contributed by atoms with Gasteiger partial charge in [-0.3, -0.25) is 10.1 Å². The van der Waals surface area contributed by atoms with Gasteiger partial charge in [0.2, 0.25) is 6.54 Å². The van der Waals surface area contributed by atoms with Crippen molar-refractivity contribution in [3.63, 3.8) is 0 Å². The Morgan fingerprint density at radius 2 is 2.12 bits per heavy atom. The van der Waals surface area contributed by atoms with Crippen molar-refractivity contribution in [1.29, 1.82) is 0 Å². The van der Waals surface area contributed by atoms with Gasteiger partial charge in [-0.05, 0) is 18.2 Å². The van der Waals surface area contributed by atoms with E-state index in [0.29, 0.717) is 16.8 Å². The second kappa shape index (κ2) is 5.29. The van der Waals surface area contributed by atoms with Gasteiger partial charge in [-0.1, -0.05) is 0 Å². The lowest BCUT2D eigenvalue weighted by molar-refractivity contribution is -0.496. The predicted molar refractivity (Wildman–Crippen MR) is 62.8 cm³/mol. The minimum absolute atomic E-state index is 0.315. The van der Waals surface area contributed by atoms with Crippen molar-refractivity contribution in [3.05, 3.63) is 39.4 Å². The van der Waals surface area contributed by atoms with Crippen molar-refractivity contribution in [2.24, 2.45) is 0 Å². The number of rotatable bonds is 4. The standard InChI is InChI=1S/C11H14N2O4/c1-12(2)10-5-4-8(11(14)17-3)6-9(10)7-13(15)16/h4-6H,7H2,1-3H3. The van der Waals surface area contributed by atoms with Gasteiger partial charge in [-0.2, -0.15) is 0 Å². The summed E-state index contributed by atoms with van der Waals surface area (Å²) < 4.78 is 4.57. The van der Waals surface area contributed by atoms with Crippen LogP contribution >= 0.6 is 0 Å². The first-order chi connectivity index (χ1) is 7.95. The van der Waals surface area contributed by atoms with E-state index in [1.165, 1.54) is 13.2 Å². The minimum atomic E-state index is -0.500. The summed E-state index contributed by atoms with van der Waals surface area (Å²) in [6, 6.07) is 4.75. The molecule has 0 aliphatic heterocycles. The number of nitro groups is 1. The molecule has 0 saturated carbocycles. The molecule has 0 unspecified atom stereocenters. The lowest BCUT2D eigenvalue weighted by atomic mass is 10.1. The summed E-state index contributed by atoms with van der Waals surface area (Å²) in [4.78, 5) is 23.2. The second-order valence-corrected chi connectivity index (χ2v) is 3.72. The Kier molecular flexibility index (Phi) is 4.03. The van der Waals surface area contributed by atoms with Crippen LogP contribution in [0.4, 0.5) is 5.69 Å². The molecule has 0 radical (unpaired) electrons. The lowest BCUT2D eigenvalue weighted by Gasteiger charge is -2.16. The molecule has 6 heteroatoms. The number of carbonyl (C=O) groups excluding carboxylic acids is 1. The first-order valence-electron chi connectivity index (χ1n) is 4.96. The number of benzene rings is 1. The molecule has 6 nitrogen and oxygen atoms in total. The first kappa shape index (κ1) is 13.0.